The van der Waals surface area contributed by atoms with Crippen LogP contribution in [0.4, 0.5) is 5.69 Å². The molecule has 1 aliphatic rings. The number of nitrogens with zero attached hydrogens (tertiary/aromatic N) is 1. The van der Waals surface area contributed by atoms with Gasteiger partial charge in [-0.2, -0.15) is 0 Å². The summed E-state index contributed by atoms with van der Waals surface area (Å²) in [5, 5.41) is 3.41. The fraction of sp³-hybridized carbons (Fsp3) is 0.647. The number of ether oxygens (including phenoxy) is 2. The molecule has 2 atom stereocenters. The lowest BCUT2D eigenvalue weighted by molar-refractivity contribution is 0.320. The van der Waals surface area contributed by atoms with Crippen LogP contribution in [0.25, 0.3) is 0 Å². The van der Waals surface area contributed by atoms with E-state index in [1.54, 1.807) is 0 Å². The highest BCUT2D eigenvalue weighted by Gasteiger charge is 2.26. The molecule has 1 aromatic rings. The minimum absolute atomic E-state index is 0.604. The van der Waals surface area contributed by atoms with Gasteiger partial charge in [0.05, 0.1) is 18.9 Å². The zero-order valence-corrected chi connectivity index (χ0v) is 13.7. The Morgan fingerprint density at radius 2 is 2.00 bits per heavy atom. The summed E-state index contributed by atoms with van der Waals surface area (Å²) in [5.41, 5.74) is 1.16. The van der Waals surface area contributed by atoms with E-state index < -0.39 is 0 Å². The van der Waals surface area contributed by atoms with Crippen LogP contribution in [0.15, 0.2) is 18.2 Å². The highest BCUT2D eigenvalue weighted by molar-refractivity contribution is 5.62. The van der Waals surface area contributed by atoms with Crippen molar-refractivity contribution in [3.63, 3.8) is 0 Å². The molecule has 2 unspecified atom stereocenters. The second-order valence-electron chi connectivity index (χ2n) is 5.60. The van der Waals surface area contributed by atoms with Gasteiger partial charge in [0.25, 0.3) is 0 Å². The van der Waals surface area contributed by atoms with E-state index in [9.17, 15) is 0 Å². The number of benzene rings is 1. The number of hydrogen-bond donors (Lipinski definition) is 1. The predicted octanol–water partition coefficient (Wildman–Crippen LogP) is 2.92. The third-order valence-electron chi connectivity index (χ3n) is 4.16. The highest BCUT2D eigenvalue weighted by Crippen LogP contribution is 2.35. The molecule has 1 aliphatic heterocycles. The molecule has 1 saturated heterocycles. The first-order valence-electron chi connectivity index (χ1n) is 8.01. The molecular weight excluding hydrogens is 264 g/mol. The lowest BCUT2D eigenvalue weighted by Crippen LogP contribution is -2.47. The van der Waals surface area contributed by atoms with E-state index in [-0.39, 0.29) is 0 Å². The number of rotatable bonds is 6. The maximum Gasteiger partial charge on any atom is 0.142 e. The van der Waals surface area contributed by atoms with Crippen LogP contribution in [0.2, 0.25) is 0 Å². The molecule has 4 nitrogen and oxygen atoms in total. The van der Waals surface area contributed by atoms with Crippen molar-refractivity contribution < 1.29 is 9.47 Å². The molecule has 0 aliphatic carbocycles. The molecule has 0 amide bonds. The lowest BCUT2D eigenvalue weighted by atomic mass is 9.93. The van der Waals surface area contributed by atoms with Crippen LogP contribution in [-0.4, -0.2) is 39.4 Å². The second kappa shape index (κ2) is 7.55. The molecule has 0 aromatic heterocycles. The topological polar surface area (TPSA) is 33.7 Å². The molecule has 118 valence electrons. The Hall–Kier alpha value is -1.42. The van der Waals surface area contributed by atoms with Gasteiger partial charge in [-0.25, -0.2) is 0 Å². The van der Waals surface area contributed by atoms with Gasteiger partial charge in [0.2, 0.25) is 0 Å². The summed E-state index contributed by atoms with van der Waals surface area (Å²) >= 11 is 0. The summed E-state index contributed by atoms with van der Waals surface area (Å²) in [5.74, 6) is 2.49. The number of nitrogens with one attached hydrogen (secondary N) is 1. The summed E-state index contributed by atoms with van der Waals surface area (Å²) in [6.45, 7) is 9.80. The van der Waals surface area contributed by atoms with E-state index in [1.165, 1.54) is 0 Å². The van der Waals surface area contributed by atoms with Crippen molar-refractivity contribution in [2.45, 2.75) is 33.2 Å². The smallest absolute Gasteiger partial charge is 0.142 e. The fourth-order valence-corrected chi connectivity index (χ4v) is 3.07. The largest absolute Gasteiger partial charge is 0.494 e. The van der Waals surface area contributed by atoms with Crippen LogP contribution in [0.3, 0.4) is 0 Å². The van der Waals surface area contributed by atoms with Crippen molar-refractivity contribution in [2.24, 2.45) is 5.92 Å². The van der Waals surface area contributed by atoms with Crippen LogP contribution in [0.5, 0.6) is 11.5 Å². The summed E-state index contributed by atoms with van der Waals surface area (Å²) in [7, 11) is 2.05. The molecule has 0 saturated carbocycles. The van der Waals surface area contributed by atoms with E-state index in [0.29, 0.717) is 25.2 Å². The molecule has 1 heterocycles. The van der Waals surface area contributed by atoms with Crippen LogP contribution in [0, 0.1) is 5.92 Å². The second-order valence-corrected chi connectivity index (χ2v) is 5.60. The molecule has 4 heteroatoms. The summed E-state index contributed by atoms with van der Waals surface area (Å²) in [6, 6.07) is 6.73. The van der Waals surface area contributed by atoms with Crippen molar-refractivity contribution in [1.29, 1.82) is 0 Å². The predicted molar refractivity (Wildman–Crippen MR) is 87.6 cm³/mol. The normalized spacial score (nSPS) is 22.2. The molecule has 1 N–H and O–H groups in total. The van der Waals surface area contributed by atoms with Gasteiger partial charge < -0.3 is 19.7 Å². The Balaban J connectivity index is 2.21. The van der Waals surface area contributed by atoms with Crippen molar-refractivity contribution >= 4 is 5.69 Å². The van der Waals surface area contributed by atoms with Crippen molar-refractivity contribution in [3.8, 4) is 11.5 Å². The molecule has 1 aromatic carbocycles. The number of hydrogen-bond acceptors (Lipinski definition) is 4. The Labute approximate surface area is 128 Å². The average Bonchev–Trinajstić information content (AvgIpc) is 2.49. The quantitative estimate of drug-likeness (QED) is 0.874. The Kier molecular flexibility index (Phi) is 5.74. The number of anilines is 1. The zero-order chi connectivity index (χ0) is 15.2. The average molecular weight is 292 g/mol. The molecule has 0 spiro atoms. The Morgan fingerprint density at radius 3 is 2.62 bits per heavy atom. The molecule has 2 rings (SSSR count). The first kappa shape index (κ1) is 16.0. The van der Waals surface area contributed by atoms with Gasteiger partial charge in [0.15, 0.2) is 0 Å². The van der Waals surface area contributed by atoms with Gasteiger partial charge >= 0.3 is 0 Å². The van der Waals surface area contributed by atoms with Gasteiger partial charge in [-0.05, 0) is 45.4 Å². The minimum atomic E-state index is 0.604. The molecule has 0 bridgehead atoms. The summed E-state index contributed by atoms with van der Waals surface area (Å²) in [4.78, 5) is 2.42. The summed E-state index contributed by atoms with van der Waals surface area (Å²) < 4.78 is 11.4. The van der Waals surface area contributed by atoms with Crippen LogP contribution in [-0.2, 0) is 0 Å². The van der Waals surface area contributed by atoms with Crippen LogP contribution >= 0.6 is 0 Å². The third kappa shape index (κ3) is 3.82. The van der Waals surface area contributed by atoms with Gasteiger partial charge in [-0.15, -0.1) is 0 Å². The van der Waals surface area contributed by atoms with E-state index in [4.69, 9.17) is 9.47 Å². The lowest BCUT2D eigenvalue weighted by Gasteiger charge is -2.38. The zero-order valence-electron chi connectivity index (χ0n) is 13.7. The van der Waals surface area contributed by atoms with Crippen molar-refractivity contribution in [2.75, 3.05) is 38.3 Å². The SMILES string of the molecule is CCOc1ccc(OCC)c(N2CCC(NC)C(C)C2)c1. The van der Waals surface area contributed by atoms with E-state index in [1.807, 2.05) is 26.0 Å². The van der Waals surface area contributed by atoms with Crippen LogP contribution < -0.4 is 19.7 Å². The van der Waals surface area contributed by atoms with Crippen molar-refractivity contribution in [1.82, 2.24) is 5.32 Å². The van der Waals surface area contributed by atoms with Gasteiger partial charge in [0, 0.05) is 25.2 Å². The maximum absolute atomic E-state index is 5.80. The van der Waals surface area contributed by atoms with E-state index in [0.717, 1.165) is 36.7 Å². The summed E-state index contributed by atoms with van der Waals surface area (Å²) in [6.07, 6.45) is 1.15. The first-order chi connectivity index (χ1) is 10.2. The first-order valence-corrected chi connectivity index (χ1v) is 8.01. The monoisotopic (exact) mass is 292 g/mol. The van der Waals surface area contributed by atoms with Gasteiger partial charge in [-0.3, -0.25) is 0 Å². The van der Waals surface area contributed by atoms with Crippen molar-refractivity contribution in [3.05, 3.63) is 18.2 Å². The minimum Gasteiger partial charge on any atom is -0.494 e. The molecule has 1 fully saturated rings. The molecule has 21 heavy (non-hydrogen) atoms. The standard InChI is InChI=1S/C17H28N2O2/c1-5-20-14-7-8-17(21-6-2)16(11-14)19-10-9-15(18-4)13(3)12-19/h7-8,11,13,15,18H,5-6,9-10,12H2,1-4H3. The molecular formula is C17H28N2O2. The Bertz CT molecular complexity index is 450. The fourth-order valence-electron chi connectivity index (χ4n) is 3.07. The van der Waals surface area contributed by atoms with E-state index in [2.05, 4.69) is 30.3 Å². The maximum atomic E-state index is 5.80. The van der Waals surface area contributed by atoms with Gasteiger partial charge in [-0.1, -0.05) is 6.92 Å². The Morgan fingerprint density at radius 1 is 1.24 bits per heavy atom. The van der Waals surface area contributed by atoms with Gasteiger partial charge in [0.1, 0.15) is 11.5 Å². The van der Waals surface area contributed by atoms with E-state index >= 15 is 0 Å². The number of piperidine rings is 1. The third-order valence-corrected chi connectivity index (χ3v) is 4.16. The molecule has 0 radical (unpaired) electrons. The van der Waals surface area contributed by atoms with Crippen LogP contribution in [0.1, 0.15) is 27.2 Å². The highest BCUT2D eigenvalue weighted by atomic mass is 16.5.